The summed E-state index contributed by atoms with van der Waals surface area (Å²) in [5.74, 6) is -0.591. The molecule has 1 unspecified atom stereocenters. The molecule has 2 aromatic rings. The van der Waals surface area contributed by atoms with Crippen molar-refractivity contribution in [2.45, 2.75) is 23.4 Å². The third kappa shape index (κ3) is 2.17. The van der Waals surface area contributed by atoms with E-state index in [4.69, 9.17) is 5.73 Å². The number of imidazole rings is 1. The van der Waals surface area contributed by atoms with Crippen molar-refractivity contribution < 1.29 is 9.90 Å². The smallest absolute Gasteiger partial charge is 0.324 e. The standard InChI is InChI=1S/C11H13N5O2S/c12-11(10(17)18,6-1-2-6)3-19-9-7-8(14-4-13-7)15-5-16-9/h4-6H,1-3,12H2,(H,17,18)(H,13,14,15,16). The highest BCUT2D eigenvalue weighted by atomic mass is 32.2. The van der Waals surface area contributed by atoms with Crippen molar-refractivity contribution in [2.24, 2.45) is 11.7 Å². The molecule has 0 aliphatic heterocycles. The van der Waals surface area contributed by atoms with Gasteiger partial charge in [0.05, 0.1) is 6.33 Å². The Hall–Kier alpha value is -1.67. The molecule has 1 fully saturated rings. The molecule has 0 amide bonds. The van der Waals surface area contributed by atoms with Gasteiger partial charge in [0.2, 0.25) is 0 Å². The number of nitrogens with zero attached hydrogens (tertiary/aromatic N) is 3. The van der Waals surface area contributed by atoms with Crippen LogP contribution in [0.1, 0.15) is 12.8 Å². The average Bonchev–Trinajstić information content (AvgIpc) is 3.14. The molecule has 0 radical (unpaired) electrons. The van der Waals surface area contributed by atoms with Crippen LogP contribution in [0.2, 0.25) is 0 Å². The monoisotopic (exact) mass is 279 g/mol. The van der Waals surface area contributed by atoms with Gasteiger partial charge in [0.1, 0.15) is 22.4 Å². The minimum atomic E-state index is -1.18. The summed E-state index contributed by atoms with van der Waals surface area (Å²) in [5, 5.41) is 9.98. The molecule has 2 heterocycles. The first-order chi connectivity index (χ1) is 9.11. The van der Waals surface area contributed by atoms with Crippen LogP contribution < -0.4 is 5.73 Å². The number of thioether (sulfide) groups is 1. The van der Waals surface area contributed by atoms with E-state index in [0.717, 1.165) is 18.4 Å². The quantitative estimate of drug-likeness (QED) is 0.543. The SMILES string of the molecule is NC(CSc1ncnc2nc[nH]c12)(C(=O)O)C1CC1. The number of aromatic amines is 1. The first-order valence-electron chi connectivity index (χ1n) is 5.90. The van der Waals surface area contributed by atoms with E-state index in [1.54, 1.807) is 0 Å². The van der Waals surface area contributed by atoms with Crippen molar-refractivity contribution in [3.05, 3.63) is 12.7 Å². The summed E-state index contributed by atoms with van der Waals surface area (Å²) in [6, 6.07) is 0. The zero-order valence-electron chi connectivity index (χ0n) is 10.0. The number of hydrogen-bond donors (Lipinski definition) is 3. The lowest BCUT2D eigenvalue weighted by Gasteiger charge is -2.23. The van der Waals surface area contributed by atoms with Crippen LogP contribution in [-0.4, -0.2) is 42.3 Å². The van der Waals surface area contributed by atoms with Crippen molar-refractivity contribution in [1.29, 1.82) is 0 Å². The number of carbonyl (C=O) groups is 1. The molecule has 0 spiro atoms. The molecule has 3 rings (SSSR count). The Labute approximate surface area is 113 Å². The molecule has 1 atom stereocenters. The van der Waals surface area contributed by atoms with Crippen molar-refractivity contribution in [2.75, 3.05) is 5.75 Å². The van der Waals surface area contributed by atoms with Crippen LogP contribution in [0.25, 0.3) is 11.2 Å². The van der Waals surface area contributed by atoms with Crippen LogP contribution in [0, 0.1) is 5.92 Å². The fourth-order valence-electron chi connectivity index (χ4n) is 1.99. The van der Waals surface area contributed by atoms with Gasteiger partial charge in [-0.2, -0.15) is 0 Å². The van der Waals surface area contributed by atoms with Crippen LogP contribution in [0.5, 0.6) is 0 Å². The number of carboxylic acids is 1. The molecule has 1 aliphatic rings. The Morgan fingerprint density at radius 2 is 2.32 bits per heavy atom. The van der Waals surface area contributed by atoms with Crippen molar-refractivity contribution in [1.82, 2.24) is 19.9 Å². The van der Waals surface area contributed by atoms with Crippen LogP contribution in [-0.2, 0) is 4.79 Å². The average molecular weight is 279 g/mol. The summed E-state index contributed by atoms with van der Waals surface area (Å²) in [4.78, 5) is 26.5. The van der Waals surface area contributed by atoms with E-state index in [-0.39, 0.29) is 11.7 Å². The lowest BCUT2D eigenvalue weighted by Crippen LogP contribution is -2.52. The van der Waals surface area contributed by atoms with Gasteiger partial charge < -0.3 is 15.8 Å². The van der Waals surface area contributed by atoms with E-state index in [0.29, 0.717) is 10.7 Å². The first-order valence-corrected chi connectivity index (χ1v) is 6.89. The third-order valence-electron chi connectivity index (χ3n) is 3.34. The lowest BCUT2D eigenvalue weighted by molar-refractivity contribution is -0.143. The van der Waals surface area contributed by atoms with Gasteiger partial charge >= 0.3 is 5.97 Å². The molecule has 1 saturated carbocycles. The summed E-state index contributed by atoms with van der Waals surface area (Å²) in [7, 11) is 0. The zero-order chi connectivity index (χ0) is 13.5. The Morgan fingerprint density at radius 1 is 1.53 bits per heavy atom. The molecular formula is C11H13N5O2S. The summed E-state index contributed by atoms with van der Waals surface area (Å²) in [6.45, 7) is 0. The molecule has 0 aromatic carbocycles. The molecule has 2 aromatic heterocycles. The van der Waals surface area contributed by atoms with Gasteiger partial charge in [0.15, 0.2) is 5.65 Å². The minimum absolute atomic E-state index is 0.0663. The van der Waals surface area contributed by atoms with Gasteiger partial charge in [-0.25, -0.2) is 15.0 Å². The lowest BCUT2D eigenvalue weighted by atomic mass is 9.98. The highest BCUT2D eigenvalue weighted by Gasteiger charge is 2.48. The van der Waals surface area contributed by atoms with E-state index >= 15 is 0 Å². The van der Waals surface area contributed by atoms with E-state index in [2.05, 4.69) is 19.9 Å². The number of fused-ring (bicyclic) bond motifs is 1. The van der Waals surface area contributed by atoms with Crippen LogP contribution in [0.3, 0.4) is 0 Å². The van der Waals surface area contributed by atoms with Crippen molar-refractivity contribution in [3.8, 4) is 0 Å². The van der Waals surface area contributed by atoms with E-state index in [9.17, 15) is 9.90 Å². The molecule has 7 nitrogen and oxygen atoms in total. The molecule has 1 aliphatic carbocycles. The normalized spacial score (nSPS) is 18.4. The molecule has 0 saturated heterocycles. The Bertz CT molecular complexity index is 626. The number of hydrogen-bond acceptors (Lipinski definition) is 6. The number of aliphatic carboxylic acids is 1. The summed E-state index contributed by atoms with van der Waals surface area (Å²) >= 11 is 1.33. The number of rotatable bonds is 5. The van der Waals surface area contributed by atoms with E-state index < -0.39 is 11.5 Å². The predicted octanol–water partition coefficient (Wildman–Crippen LogP) is 0.637. The van der Waals surface area contributed by atoms with Gasteiger partial charge in [0.25, 0.3) is 0 Å². The summed E-state index contributed by atoms with van der Waals surface area (Å²) in [5.41, 5.74) is 6.13. The fraction of sp³-hybridized carbons (Fsp3) is 0.455. The van der Waals surface area contributed by atoms with E-state index in [1.807, 2.05) is 0 Å². The molecule has 0 bridgehead atoms. The number of H-pyrrole nitrogens is 1. The van der Waals surface area contributed by atoms with E-state index in [1.165, 1.54) is 24.4 Å². The second kappa shape index (κ2) is 4.46. The van der Waals surface area contributed by atoms with Gasteiger partial charge in [-0.15, -0.1) is 11.8 Å². The summed E-state index contributed by atoms with van der Waals surface area (Å²) in [6.07, 6.45) is 4.72. The molecular weight excluding hydrogens is 266 g/mol. The maximum Gasteiger partial charge on any atom is 0.324 e. The Balaban J connectivity index is 1.82. The molecule has 8 heteroatoms. The largest absolute Gasteiger partial charge is 0.480 e. The number of carboxylic acid groups (broad SMARTS) is 1. The molecule has 19 heavy (non-hydrogen) atoms. The summed E-state index contributed by atoms with van der Waals surface area (Å²) < 4.78 is 0. The highest BCUT2D eigenvalue weighted by Crippen LogP contribution is 2.41. The van der Waals surface area contributed by atoms with Gasteiger partial charge in [0, 0.05) is 5.75 Å². The number of aromatic nitrogens is 4. The Morgan fingerprint density at radius 3 is 3.00 bits per heavy atom. The van der Waals surface area contributed by atoms with Crippen LogP contribution >= 0.6 is 11.8 Å². The molecule has 4 N–H and O–H groups in total. The molecule has 100 valence electrons. The maximum absolute atomic E-state index is 11.3. The second-order valence-electron chi connectivity index (χ2n) is 4.69. The van der Waals surface area contributed by atoms with Crippen molar-refractivity contribution >= 4 is 28.9 Å². The predicted molar refractivity (Wildman–Crippen MR) is 69.7 cm³/mol. The van der Waals surface area contributed by atoms with Crippen LogP contribution in [0.4, 0.5) is 0 Å². The van der Waals surface area contributed by atoms with Gasteiger partial charge in [-0.05, 0) is 18.8 Å². The maximum atomic E-state index is 11.3. The Kier molecular flexibility index (Phi) is 2.90. The first kappa shape index (κ1) is 12.4. The zero-order valence-corrected chi connectivity index (χ0v) is 10.9. The third-order valence-corrected chi connectivity index (χ3v) is 4.54. The number of nitrogens with two attached hydrogens (primary N) is 1. The highest BCUT2D eigenvalue weighted by molar-refractivity contribution is 7.99. The van der Waals surface area contributed by atoms with Crippen LogP contribution in [0.15, 0.2) is 17.7 Å². The number of nitrogens with one attached hydrogen (secondary N) is 1. The fourth-order valence-corrected chi connectivity index (χ4v) is 3.14. The van der Waals surface area contributed by atoms with Gasteiger partial charge in [-0.1, -0.05) is 0 Å². The minimum Gasteiger partial charge on any atom is -0.480 e. The van der Waals surface area contributed by atoms with Gasteiger partial charge in [-0.3, -0.25) is 4.79 Å². The van der Waals surface area contributed by atoms with Crippen molar-refractivity contribution in [3.63, 3.8) is 0 Å². The second-order valence-corrected chi connectivity index (χ2v) is 5.65. The topological polar surface area (TPSA) is 118 Å².